The van der Waals surface area contributed by atoms with Gasteiger partial charge in [-0.1, -0.05) is 32.9 Å². The molecule has 0 amide bonds. The lowest BCUT2D eigenvalue weighted by Gasteiger charge is -2.23. The Morgan fingerprint density at radius 3 is 2.45 bits per heavy atom. The van der Waals surface area contributed by atoms with Crippen LogP contribution in [0.4, 0.5) is 0 Å². The van der Waals surface area contributed by atoms with E-state index in [0.29, 0.717) is 0 Å². The average Bonchev–Trinajstić information content (AvgIpc) is 3.27. The Balaban J connectivity index is 1.65. The summed E-state index contributed by atoms with van der Waals surface area (Å²) in [6.07, 6.45) is 6.23. The lowest BCUT2D eigenvalue weighted by molar-refractivity contribution is 0.305. The number of nitrogens with one attached hydrogen (secondary N) is 1. The summed E-state index contributed by atoms with van der Waals surface area (Å²) in [5.41, 5.74) is 1.65. The predicted molar refractivity (Wildman–Crippen MR) is 85.5 cm³/mol. The Morgan fingerprint density at radius 2 is 1.85 bits per heavy atom. The van der Waals surface area contributed by atoms with Gasteiger partial charge in [0.1, 0.15) is 5.75 Å². The number of hydrogen-bond acceptors (Lipinski definition) is 2. The van der Waals surface area contributed by atoms with Crippen LogP contribution in [0.15, 0.2) is 24.3 Å². The van der Waals surface area contributed by atoms with E-state index in [1.807, 2.05) is 0 Å². The first-order valence-electron chi connectivity index (χ1n) is 8.08. The third kappa shape index (κ3) is 4.82. The summed E-state index contributed by atoms with van der Waals surface area (Å²) in [6.45, 7) is 8.77. The van der Waals surface area contributed by atoms with Crippen molar-refractivity contribution in [2.45, 2.75) is 64.3 Å². The quantitative estimate of drug-likeness (QED) is 0.679. The maximum absolute atomic E-state index is 5.80. The molecule has 1 aromatic rings. The first-order chi connectivity index (χ1) is 9.62. The van der Waals surface area contributed by atoms with Crippen molar-refractivity contribution in [3.05, 3.63) is 29.8 Å². The van der Waals surface area contributed by atoms with Crippen LogP contribution < -0.4 is 10.1 Å². The Bertz CT molecular complexity index is 392. The van der Waals surface area contributed by atoms with Crippen LogP contribution in [0.5, 0.6) is 5.75 Å². The van der Waals surface area contributed by atoms with Crippen molar-refractivity contribution in [2.75, 3.05) is 13.2 Å². The molecule has 0 spiro atoms. The minimum atomic E-state index is 0.257. The standard InChI is InChI=1S/C18H29NO/c1-4-18(2,3)15-7-11-17(12-8-15)20-14-6-5-13-19-16-9-10-16/h7-8,11-12,16,19H,4-6,9-10,13-14H2,1-3H3. The maximum atomic E-state index is 5.80. The van der Waals surface area contributed by atoms with E-state index in [0.717, 1.165) is 37.8 Å². The molecule has 1 N–H and O–H groups in total. The molecule has 0 atom stereocenters. The van der Waals surface area contributed by atoms with Crippen molar-refractivity contribution in [1.29, 1.82) is 0 Å². The van der Waals surface area contributed by atoms with Crippen LogP contribution in [0.1, 0.15) is 58.4 Å². The summed E-state index contributed by atoms with van der Waals surface area (Å²) in [6, 6.07) is 9.44. The van der Waals surface area contributed by atoms with Crippen LogP contribution in [-0.2, 0) is 5.41 Å². The second-order valence-electron chi connectivity index (χ2n) is 6.55. The highest BCUT2D eigenvalue weighted by Crippen LogP contribution is 2.28. The maximum Gasteiger partial charge on any atom is 0.119 e. The highest BCUT2D eigenvalue weighted by Gasteiger charge is 2.19. The van der Waals surface area contributed by atoms with Crippen molar-refractivity contribution in [3.63, 3.8) is 0 Å². The zero-order valence-electron chi connectivity index (χ0n) is 13.2. The van der Waals surface area contributed by atoms with E-state index < -0.39 is 0 Å². The van der Waals surface area contributed by atoms with Gasteiger partial charge in [0, 0.05) is 6.04 Å². The Hall–Kier alpha value is -1.02. The molecule has 1 aliphatic carbocycles. The fraction of sp³-hybridized carbons (Fsp3) is 0.667. The van der Waals surface area contributed by atoms with E-state index in [-0.39, 0.29) is 5.41 Å². The molecule has 0 radical (unpaired) electrons. The fourth-order valence-electron chi connectivity index (χ4n) is 2.22. The minimum absolute atomic E-state index is 0.257. The molecule has 2 rings (SSSR count). The Morgan fingerprint density at radius 1 is 1.15 bits per heavy atom. The molecule has 2 heteroatoms. The van der Waals surface area contributed by atoms with Crippen molar-refractivity contribution in [3.8, 4) is 5.75 Å². The van der Waals surface area contributed by atoms with E-state index >= 15 is 0 Å². The van der Waals surface area contributed by atoms with Crippen LogP contribution in [0.2, 0.25) is 0 Å². The normalized spacial score (nSPS) is 15.3. The molecule has 1 aliphatic rings. The lowest BCUT2D eigenvalue weighted by atomic mass is 9.82. The molecule has 112 valence electrons. The highest BCUT2D eigenvalue weighted by atomic mass is 16.5. The third-order valence-electron chi connectivity index (χ3n) is 4.37. The Labute approximate surface area is 123 Å². The molecule has 0 aliphatic heterocycles. The summed E-state index contributed by atoms with van der Waals surface area (Å²) >= 11 is 0. The second kappa shape index (κ2) is 7.12. The molecule has 0 bridgehead atoms. The smallest absolute Gasteiger partial charge is 0.119 e. The highest BCUT2D eigenvalue weighted by molar-refractivity contribution is 5.31. The second-order valence-corrected chi connectivity index (χ2v) is 6.55. The third-order valence-corrected chi connectivity index (χ3v) is 4.37. The molecule has 0 aromatic heterocycles. The van der Waals surface area contributed by atoms with Gasteiger partial charge in [-0.2, -0.15) is 0 Å². The van der Waals surface area contributed by atoms with Gasteiger partial charge in [0.2, 0.25) is 0 Å². The van der Waals surface area contributed by atoms with Crippen LogP contribution in [0.25, 0.3) is 0 Å². The van der Waals surface area contributed by atoms with E-state index in [2.05, 4.69) is 50.4 Å². The zero-order chi connectivity index (χ0) is 14.4. The molecule has 0 unspecified atom stereocenters. The minimum Gasteiger partial charge on any atom is -0.494 e. The average molecular weight is 275 g/mol. The van der Waals surface area contributed by atoms with E-state index in [9.17, 15) is 0 Å². The summed E-state index contributed by atoms with van der Waals surface area (Å²) in [5.74, 6) is 0.996. The van der Waals surface area contributed by atoms with Crippen LogP contribution >= 0.6 is 0 Å². The molecular weight excluding hydrogens is 246 g/mol. The molecule has 1 aromatic carbocycles. The van der Waals surface area contributed by atoms with Crippen molar-refractivity contribution >= 4 is 0 Å². The van der Waals surface area contributed by atoms with Crippen molar-refractivity contribution < 1.29 is 4.74 Å². The van der Waals surface area contributed by atoms with Crippen LogP contribution in [0.3, 0.4) is 0 Å². The Kier molecular flexibility index (Phi) is 5.47. The first kappa shape index (κ1) is 15.4. The van der Waals surface area contributed by atoms with Gasteiger partial charge in [-0.3, -0.25) is 0 Å². The summed E-state index contributed by atoms with van der Waals surface area (Å²) in [4.78, 5) is 0. The van der Waals surface area contributed by atoms with Crippen LogP contribution in [-0.4, -0.2) is 19.2 Å². The topological polar surface area (TPSA) is 21.3 Å². The van der Waals surface area contributed by atoms with Gasteiger partial charge in [0.15, 0.2) is 0 Å². The van der Waals surface area contributed by atoms with Gasteiger partial charge in [0.05, 0.1) is 6.61 Å². The van der Waals surface area contributed by atoms with E-state index in [4.69, 9.17) is 4.74 Å². The summed E-state index contributed by atoms with van der Waals surface area (Å²) < 4.78 is 5.80. The van der Waals surface area contributed by atoms with Crippen LogP contribution in [0, 0.1) is 0 Å². The van der Waals surface area contributed by atoms with Gasteiger partial charge in [-0.25, -0.2) is 0 Å². The largest absolute Gasteiger partial charge is 0.494 e. The molecule has 0 saturated heterocycles. The zero-order valence-corrected chi connectivity index (χ0v) is 13.2. The summed E-state index contributed by atoms with van der Waals surface area (Å²) in [7, 11) is 0. The molecular formula is C18H29NO. The van der Waals surface area contributed by atoms with Gasteiger partial charge in [0.25, 0.3) is 0 Å². The summed E-state index contributed by atoms with van der Waals surface area (Å²) in [5, 5.41) is 3.53. The molecule has 1 saturated carbocycles. The van der Waals surface area contributed by atoms with Gasteiger partial charge >= 0.3 is 0 Å². The predicted octanol–water partition coefficient (Wildman–Crippen LogP) is 4.29. The number of rotatable bonds is 9. The van der Waals surface area contributed by atoms with Gasteiger partial charge in [-0.15, -0.1) is 0 Å². The number of unbranched alkanes of at least 4 members (excludes halogenated alkanes) is 1. The van der Waals surface area contributed by atoms with Gasteiger partial charge in [-0.05, 0) is 61.8 Å². The molecule has 20 heavy (non-hydrogen) atoms. The molecule has 0 heterocycles. The van der Waals surface area contributed by atoms with E-state index in [1.54, 1.807) is 0 Å². The molecule has 1 fully saturated rings. The van der Waals surface area contributed by atoms with Gasteiger partial charge < -0.3 is 10.1 Å². The van der Waals surface area contributed by atoms with Crippen molar-refractivity contribution in [1.82, 2.24) is 5.32 Å². The first-order valence-corrected chi connectivity index (χ1v) is 8.08. The lowest BCUT2D eigenvalue weighted by Crippen LogP contribution is -2.18. The monoisotopic (exact) mass is 275 g/mol. The SMILES string of the molecule is CCC(C)(C)c1ccc(OCCCCNC2CC2)cc1. The fourth-order valence-corrected chi connectivity index (χ4v) is 2.22. The number of benzene rings is 1. The van der Waals surface area contributed by atoms with E-state index in [1.165, 1.54) is 24.8 Å². The van der Waals surface area contributed by atoms with Crippen molar-refractivity contribution in [2.24, 2.45) is 0 Å². The molecule has 2 nitrogen and oxygen atoms in total. The number of ether oxygens (including phenoxy) is 1. The number of hydrogen-bond donors (Lipinski definition) is 1.